The fraction of sp³-hybridized carbons (Fsp3) is 0.385. The van der Waals surface area contributed by atoms with Gasteiger partial charge in [-0.05, 0) is 31.4 Å². The Morgan fingerprint density at radius 1 is 1.29 bits per heavy atom. The van der Waals surface area contributed by atoms with E-state index < -0.39 is 5.97 Å². The van der Waals surface area contributed by atoms with Crippen molar-refractivity contribution < 1.29 is 14.3 Å². The van der Waals surface area contributed by atoms with Gasteiger partial charge < -0.3 is 4.74 Å². The number of aryl methyl sites for hydroxylation is 1. The van der Waals surface area contributed by atoms with E-state index in [2.05, 4.69) is 0 Å². The summed E-state index contributed by atoms with van der Waals surface area (Å²) in [5.74, 6) is -0.641. The van der Waals surface area contributed by atoms with Crippen molar-refractivity contribution in [2.24, 2.45) is 0 Å². The minimum absolute atomic E-state index is 0.147. The number of carbonyl (C=O) groups excluding carboxylic acids is 2. The summed E-state index contributed by atoms with van der Waals surface area (Å²) in [6.45, 7) is 1.68. The molecule has 0 aromatic heterocycles. The standard InChI is InChI=1S/C13H15ClO3/c1-10(15)9-13(16)17-8-4-6-11-5-2-3-7-12(11)14/h2-3,5,7H,4,6,8-9H2,1H3. The van der Waals surface area contributed by atoms with Crippen molar-refractivity contribution in [2.45, 2.75) is 26.2 Å². The Balaban J connectivity index is 2.23. The van der Waals surface area contributed by atoms with Crippen molar-refractivity contribution >= 4 is 23.4 Å². The Morgan fingerprint density at radius 3 is 2.65 bits per heavy atom. The minimum Gasteiger partial charge on any atom is -0.465 e. The Labute approximate surface area is 106 Å². The molecule has 0 bridgehead atoms. The Kier molecular flexibility index (Phi) is 5.70. The van der Waals surface area contributed by atoms with Crippen LogP contribution in [-0.2, 0) is 20.7 Å². The predicted molar refractivity (Wildman–Crippen MR) is 66.0 cm³/mol. The lowest BCUT2D eigenvalue weighted by atomic mass is 10.1. The molecule has 0 N–H and O–H groups in total. The molecule has 0 aliphatic carbocycles. The van der Waals surface area contributed by atoms with Gasteiger partial charge in [-0.15, -0.1) is 0 Å². The highest BCUT2D eigenvalue weighted by Crippen LogP contribution is 2.16. The smallest absolute Gasteiger partial charge is 0.313 e. The Bertz CT molecular complexity index is 401. The van der Waals surface area contributed by atoms with Gasteiger partial charge in [0.1, 0.15) is 12.2 Å². The number of rotatable bonds is 6. The molecule has 17 heavy (non-hydrogen) atoms. The van der Waals surface area contributed by atoms with E-state index in [1.54, 1.807) is 0 Å². The van der Waals surface area contributed by atoms with Gasteiger partial charge in [0.25, 0.3) is 0 Å². The zero-order valence-corrected chi connectivity index (χ0v) is 10.5. The molecule has 0 spiro atoms. The molecule has 92 valence electrons. The van der Waals surface area contributed by atoms with Crippen LogP contribution in [0.3, 0.4) is 0 Å². The van der Waals surface area contributed by atoms with Crippen LogP contribution in [0.1, 0.15) is 25.3 Å². The summed E-state index contributed by atoms with van der Waals surface area (Å²) >= 11 is 5.98. The molecule has 0 unspecified atom stereocenters. The van der Waals surface area contributed by atoms with Crippen LogP contribution in [0.2, 0.25) is 5.02 Å². The summed E-state index contributed by atoms with van der Waals surface area (Å²) in [5.41, 5.74) is 1.04. The molecule has 0 atom stereocenters. The number of ketones is 1. The first-order valence-corrected chi connectivity index (χ1v) is 5.86. The van der Waals surface area contributed by atoms with Gasteiger partial charge in [0.05, 0.1) is 6.61 Å². The number of hydrogen-bond acceptors (Lipinski definition) is 3. The molecule has 0 aliphatic rings. The van der Waals surface area contributed by atoms with Crippen LogP contribution in [0, 0.1) is 0 Å². The van der Waals surface area contributed by atoms with Crippen molar-refractivity contribution in [1.82, 2.24) is 0 Å². The number of ether oxygens (including phenoxy) is 1. The Morgan fingerprint density at radius 2 is 2.00 bits per heavy atom. The Hall–Kier alpha value is -1.35. The number of carbonyl (C=O) groups is 2. The number of halogens is 1. The van der Waals surface area contributed by atoms with Crippen LogP contribution >= 0.6 is 11.6 Å². The SMILES string of the molecule is CC(=O)CC(=O)OCCCc1ccccc1Cl. The van der Waals surface area contributed by atoms with Crippen LogP contribution < -0.4 is 0 Å². The minimum atomic E-state index is -0.461. The van der Waals surface area contributed by atoms with Gasteiger partial charge >= 0.3 is 5.97 Å². The summed E-state index contributed by atoms with van der Waals surface area (Å²) in [6, 6.07) is 7.57. The first-order chi connectivity index (χ1) is 8.09. The topological polar surface area (TPSA) is 43.4 Å². The monoisotopic (exact) mass is 254 g/mol. The second-order valence-electron chi connectivity index (χ2n) is 3.79. The highest BCUT2D eigenvalue weighted by Gasteiger charge is 2.06. The number of Topliss-reactive ketones (excluding diaryl/α,β-unsaturated/α-hetero) is 1. The quantitative estimate of drug-likeness (QED) is 0.445. The zero-order chi connectivity index (χ0) is 12.7. The molecule has 0 radical (unpaired) electrons. The third-order valence-corrected chi connectivity index (χ3v) is 2.57. The van der Waals surface area contributed by atoms with Crippen molar-refractivity contribution in [3.05, 3.63) is 34.9 Å². The fourth-order valence-corrected chi connectivity index (χ4v) is 1.63. The van der Waals surface area contributed by atoms with E-state index in [0.29, 0.717) is 13.0 Å². The van der Waals surface area contributed by atoms with Crippen molar-refractivity contribution in [1.29, 1.82) is 0 Å². The lowest BCUT2D eigenvalue weighted by molar-refractivity contribution is -0.145. The van der Waals surface area contributed by atoms with Crippen LogP contribution in [0.15, 0.2) is 24.3 Å². The molecular weight excluding hydrogens is 240 g/mol. The van der Waals surface area contributed by atoms with Gasteiger partial charge in [0.2, 0.25) is 0 Å². The third-order valence-electron chi connectivity index (χ3n) is 2.20. The van der Waals surface area contributed by atoms with Gasteiger partial charge in [-0.3, -0.25) is 9.59 Å². The highest BCUT2D eigenvalue weighted by atomic mass is 35.5. The maximum Gasteiger partial charge on any atom is 0.313 e. The zero-order valence-electron chi connectivity index (χ0n) is 9.74. The lowest BCUT2D eigenvalue weighted by Gasteiger charge is -2.05. The normalized spacial score (nSPS) is 10.0. The molecule has 0 aliphatic heterocycles. The van der Waals surface area contributed by atoms with Gasteiger partial charge in [-0.1, -0.05) is 29.8 Å². The maximum absolute atomic E-state index is 11.1. The number of hydrogen-bond donors (Lipinski definition) is 0. The maximum atomic E-state index is 11.1. The third kappa shape index (κ3) is 5.50. The van der Waals surface area contributed by atoms with E-state index in [1.807, 2.05) is 24.3 Å². The van der Waals surface area contributed by atoms with Gasteiger partial charge in [-0.2, -0.15) is 0 Å². The van der Waals surface area contributed by atoms with Gasteiger partial charge in [0.15, 0.2) is 0 Å². The average molecular weight is 255 g/mol. The van der Waals surface area contributed by atoms with E-state index in [9.17, 15) is 9.59 Å². The van der Waals surface area contributed by atoms with E-state index in [0.717, 1.165) is 17.0 Å². The summed E-state index contributed by atoms with van der Waals surface area (Å²) in [6.07, 6.45) is 1.31. The lowest BCUT2D eigenvalue weighted by Crippen LogP contribution is -2.10. The van der Waals surface area contributed by atoms with Crippen molar-refractivity contribution in [3.8, 4) is 0 Å². The molecule has 0 heterocycles. The molecule has 0 fully saturated rings. The first-order valence-electron chi connectivity index (χ1n) is 5.48. The summed E-state index contributed by atoms with van der Waals surface area (Å²) in [4.78, 5) is 21.7. The second-order valence-corrected chi connectivity index (χ2v) is 4.20. The van der Waals surface area contributed by atoms with Crippen LogP contribution in [-0.4, -0.2) is 18.4 Å². The van der Waals surface area contributed by atoms with Crippen molar-refractivity contribution in [3.63, 3.8) is 0 Å². The van der Waals surface area contributed by atoms with E-state index in [-0.39, 0.29) is 12.2 Å². The van der Waals surface area contributed by atoms with Crippen LogP contribution in [0.25, 0.3) is 0 Å². The number of benzene rings is 1. The molecule has 3 nitrogen and oxygen atoms in total. The van der Waals surface area contributed by atoms with Crippen LogP contribution in [0.4, 0.5) is 0 Å². The molecule has 4 heteroatoms. The largest absolute Gasteiger partial charge is 0.465 e. The fourth-order valence-electron chi connectivity index (χ4n) is 1.40. The van der Waals surface area contributed by atoms with Gasteiger partial charge in [0, 0.05) is 5.02 Å². The molecular formula is C13H15ClO3. The molecule has 1 rings (SSSR count). The van der Waals surface area contributed by atoms with Gasteiger partial charge in [-0.25, -0.2) is 0 Å². The highest BCUT2D eigenvalue weighted by molar-refractivity contribution is 6.31. The first kappa shape index (κ1) is 13.7. The van der Waals surface area contributed by atoms with E-state index >= 15 is 0 Å². The molecule has 0 saturated carbocycles. The predicted octanol–water partition coefficient (Wildman–Crippen LogP) is 2.79. The van der Waals surface area contributed by atoms with E-state index in [4.69, 9.17) is 16.3 Å². The summed E-state index contributed by atoms with van der Waals surface area (Å²) in [7, 11) is 0. The van der Waals surface area contributed by atoms with Crippen LogP contribution in [0.5, 0.6) is 0 Å². The van der Waals surface area contributed by atoms with Crippen molar-refractivity contribution in [2.75, 3.05) is 6.61 Å². The summed E-state index contributed by atoms with van der Waals surface area (Å²) < 4.78 is 4.91. The molecule has 1 aromatic rings. The average Bonchev–Trinajstić information content (AvgIpc) is 2.25. The second kappa shape index (κ2) is 7.07. The number of esters is 1. The molecule has 0 amide bonds. The molecule has 1 aromatic carbocycles. The van der Waals surface area contributed by atoms with E-state index in [1.165, 1.54) is 6.92 Å². The summed E-state index contributed by atoms with van der Waals surface area (Å²) in [5, 5.41) is 0.725. The molecule has 0 saturated heterocycles.